The fourth-order valence-electron chi connectivity index (χ4n) is 3.03. The molecule has 0 fully saturated rings. The van der Waals surface area contributed by atoms with Crippen molar-refractivity contribution in [1.82, 2.24) is 14.9 Å². The number of nitrogens with zero attached hydrogens (tertiary/aromatic N) is 2. The van der Waals surface area contributed by atoms with Crippen LogP contribution in [0.3, 0.4) is 0 Å². The number of fused-ring (bicyclic) bond motifs is 1. The summed E-state index contributed by atoms with van der Waals surface area (Å²) in [6, 6.07) is 15.6. The summed E-state index contributed by atoms with van der Waals surface area (Å²) in [6.07, 6.45) is 0. The minimum Gasteiger partial charge on any atom is -0.342 e. The Hall–Kier alpha value is -2.62. The van der Waals surface area contributed by atoms with Crippen LogP contribution in [0.25, 0.3) is 11.0 Å². The normalized spacial score (nSPS) is 12.5. The van der Waals surface area contributed by atoms with Crippen molar-refractivity contribution in [3.63, 3.8) is 0 Å². The second-order valence-electron chi connectivity index (χ2n) is 7.02. The van der Waals surface area contributed by atoms with E-state index in [-0.39, 0.29) is 11.9 Å². The minimum atomic E-state index is -0.167. The lowest BCUT2D eigenvalue weighted by molar-refractivity contribution is 0.0937. The zero-order valence-electron chi connectivity index (χ0n) is 15.3. The Morgan fingerprint density at radius 2 is 1.76 bits per heavy atom. The molecule has 1 unspecified atom stereocenters. The Morgan fingerprint density at radius 1 is 1.08 bits per heavy atom. The van der Waals surface area contributed by atoms with Crippen LogP contribution in [0.2, 0.25) is 0 Å². The van der Waals surface area contributed by atoms with Gasteiger partial charge in [0.05, 0.1) is 17.1 Å². The summed E-state index contributed by atoms with van der Waals surface area (Å²) in [6.45, 7) is 9.26. The number of amides is 1. The second-order valence-corrected chi connectivity index (χ2v) is 7.02. The average Bonchev–Trinajstić information content (AvgIpc) is 2.93. The van der Waals surface area contributed by atoms with E-state index in [1.54, 1.807) is 0 Å². The maximum Gasteiger partial charge on any atom is 0.251 e. The van der Waals surface area contributed by atoms with Crippen molar-refractivity contribution in [2.75, 3.05) is 0 Å². The molecule has 0 aliphatic heterocycles. The van der Waals surface area contributed by atoms with Crippen LogP contribution in [-0.2, 0) is 6.54 Å². The lowest BCUT2D eigenvalue weighted by Crippen LogP contribution is -2.29. The highest BCUT2D eigenvalue weighted by Gasteiger charge is 2.19. The van der Waals surface area contributed by atoms with Gasteiger partial charge in [0.15, 0.2) is 0 Å². The van der Waals surface area contributed by atoms with Crippen LogP contribution in [0.5, 0.6) is 0 Å². The van der Waals surface area contributed by atoms with Gasteiger partial charge in [-0.15, -0.1) is 0 Å². The maximum atomic E-state index is 12.5. The summed E-state index contributed by atoms with van der Waals surface area (Å²) < 4.78 is 2.22. The number of nitrogens with one attached hydrogen (secondary N) is 1. The lowest BCUT2D eigenvalue weighted by atomic mass is 10.1. The molecule has 3 aromatic rings. The molecule has 1 aromatic heterocycles. The number of carbonyl (C=O) groups excluding carboxylic acids is 1. The van der Waals surface area contributed by atoms with Crippen LogP contribution in [0.1, 0.15) is 48.6 Å². The SMILES string of the molecule is Cc1ccc(C(=O)NC(C)c2nc3ccccc3n2CC(C)C)cc1. The molecule has 0 aliphatic rings. The number of aryl methyl sites for hydroxylation is 1. The Labute approximate surface area is 148 Å². The number of rotatable bonds is 5. The van der Waals surface area contributed by atoms with E-state index >= 15 is 0 Å². The van der Waals surface area contributed by atoms with Crippen LogP contribution in [0.4, 0.5) is 0 Å². The number of benzene rings is 2. The molecule has 1 N–H and O–H groups in total. The molecule has 0 saturated carbocycles. The third-order valence-electron chi connectivity index (χ3n) is 4.28. The number of carbonyl (C=O) groups is 1. The molecule has 0 saturated heterocycles. The van der Waals surface area contributed by atoms with E-state index in [2.05, 4.69) is 29.8 Å². The summed E-state index contributed by atoms with van der Waals surface area (Å²) in [5, 5.41) is 3.08. The van der Waals surface area contributed by atoms with Gasteiger partial charge in [-0.25, -0.2) is 4.98 Å². The van der Waals surface area contributed by atoms with Crippen molar-refractivity contribution in [3.8, 4) is 0 Å². The van der Waals surface area contributed by atoms with E-state index in [1.807, 2.05) is 56.3 Å². The first-order valence-electron chi connectivity index (χ1n) is 8.78. The van der Waals surface area contributed by atoms with Crippen LogP contribution >= 0.6 is 0 Å². The molecule has 3 rings (SSSR count). The predicted octanol–water partition coefficient (Wildman–Crippen LogP) is 4.49. The Morgan fingerprint density at radius 3 is 2.44 bits per heavy atom. The molecule has 0 bridgehead atoms. The number of hydrogen-bond donors (Lipinski definition) is 1. The van der Waals surface area contributed by atoms with Gasteiger partial charge >= 0.3 is 0 Å². The van der Waals surface area contributed by atoms with Crippen molar-refractivity contribution < 1.29 is 4.79 Å². The van der Waals surface area contributed by atoms with Crippen LogP contribution in [0.15, 0.2) is 48.5 Å². The van der Waals surface area contributed by atoms with Crippen molar-refractivity contribution >= 4 is 16.9 Å². The van der Waals surface area contributed by atoms with Gasteiger partial charge in [-0.05, 0) is 44.0 Å². The van der Waals surface area contributed by atoms with E-state index in [0.717, 1.165) is 29.0 Å². The number of hydrogen-bond acceptors (Lipinski definition) is 2. The molecule has 1 heterocycles. The van der Waals surface area contributed by atoms with Gasteiger partial charge in [0.25, 0.3) is 5.91 Å². The van der Waals surface area contributed by atoms with Gasteiger partial charge in [-0.3, -0.25) is 4.79 Å². The van der Waals surface area contributed by atoms with Crippen molar-refractivity contribution in [1.29, 1.82) is 0 Å². The van der Waals surface area contributed by atoms with E-state index in [1.165, 1.54) is 0 Å². The molecule has 4 heteroatoms. The van der Waals surface area contributed by atoms with Gasteiger partial charge in [-0.2, -0.15) is 0 Å². The summed E-state index contributed by atoms with van der Waals surface area (Å²) in [7, 11) is 0. The van der Waals surface area contributed by atoms with Gasteiger partial charge in [0, 0.05) is 12.1 Å². The standard InChI is InChI=1S/C21H25N3O/c1-14(2)13-24-19-8-6-5-7-18(19)23-20(24)16(4)22-21(25)17-11-9-15(3)10-12-17/h5-12,14,16H,13H2,1-4H3,(H,22,25). The summed E-state index contributed by atoms with van der Waals surface area (Å²) in [5.41, 5.74) is 3.89. The molecule has 25 heavy (non-hydrogen) atoms. The summed E-state index contributed by atoms with van der Waals surface area (Å²) in [4.78, 5) is 17.3. The van der Waals surface area contributed by atoms with E-state index in [9.17, 15) is 4.79 Å². The number of imidazole rings is 1. The highest BCUT2D eigenvalue weighted by molar-refractivity contribution is 5.94. The fraction of sp³-hybridized carbons (Fsp3) is 0.333. The van der Waals surface area contributed by atoms with Gasteiger partial charge in [-0.1, -0.05) is 43.7 Å². The molecule has 4 nitrogen and oxygen atoms in total. The number of para-hydroxylation sites is 2. The van der Waals surface area contributed by atoms with Crippen molar-refractivity contribution in [2.45, 2.75) is 40.3 Å². The van der Waals surface area contributed by atoms with Gasteiger partial charge in [0.2, 0.25) is 0 Å². The molecule has 130 valence electrons. The molecule has 1 amide bonds. The quantitative estimate of drug-likeness (QED) is 0.746. The molecular formula is C21H25N3O. The minimum absolute atomic E-state index is 0.0735. The molecule has 0 spiro atoms. The maximum absolute atomic E-state index is 12.5. The lowest BCUT2D eigenvalue weighted by Gasteiger charge is -2.17. The third kappa shape index (κ3) is 3.73. The molecule has 1 atom stereocenters. The highest BCUT2D eigenvalue weighted by Crippen LogP contribution is 2.22. The first-order chi connectivity index (χ1) is 12.0. The molecule has 0 aliphatic carbocycles. The van der Waals surface area contributed by atoms with E-state index in [0.29, 0.717) is 11.5 Å². The Kier molecular flexibility index (Phi) is 4.88. The van der Waals surface area contributed by atoms with Gasteiger partial charge < -0.3 is 9.88 Å². The van der Waals surface area contributed by atoms with Crippen molar-refractivity contribution in [2.24, 2.45) is 5.92 Å². The van der Waals surface area contributed by atoms with Crippen molar-refractivity contribution in [3.05, 3.63) is 65.5 Å². The van der Waals surface area contributed by atoms with Crippen LogP contribution < -0.4 is 5.32 Å². The summed E-state index contributed by atoms with van der Waals surface area (Å²) >= 11 is 0. The molecular weight excluding hydrogens is 310 g/mol. The highest BCUT2D eigenvalue weighted by atomic mass is 16.1. The fourth-order valence-corrected chi connectivity index (χ4v) is 3.03. The van der Waals surface area contributed by atoms with E-state index in [4.69, 9.17) is 4.98 Å². The monoisotopic (exact) mass is 335 g/mol. The largest absolute Gasteiger partial charge is 0.342 e. The van der Waals surface area contributed by atoms with E-state index < -0.39 is 0 Å². The predicted molar refractivity (Wildman–Crippen MR) is 102 cm³/mol. The topological polar surface area (TPSA) is 46.9 Å². The van der Waals surface area contributed by atoms with Crippen LogP contribution in [-0.4, -0.2) is 15.5 Å². The Balaban J connectivity index is 1.89. The summed E-state index contributed by atoms with van der Waals surface area (Å²) in [5.74, 6) is 1.32. The third-order valence-corrected chi connectivity index (χ3v) is 4.28. The number of aromatic nitrogens is 2. The molecule has 2 aromatic carbocycles. The smallest absolute Gasteiger partial charge is 0.251 e. The van der Waals surface area contributed by atoms with Crippen LogP contribution in [0, 0.1) is 12.8 Å². The Bertz CT molecular complexity index is 878. The molecule has 0 radical (unpaired) electrons. The zero-order valence-corrected chi connectivity index (χ0v) is 15.3. The first kappa shape index (κ1) is 17.2. The average molecular weight is 335 g/mol. The second kappa shape index (κ2) is 7.09. The van der Waals surface area contributed by atoms with Gasteiger partial charge in [0.1, 0.15) is 5.82 Å². The first-order valence-corrected chi connectivity index (χ1v) is 8.78. The zero-order chi connectivity index (χ0) is 18.0.